The third-order valence-corrected chi connectivity index (χ3v) is 3.98. The second-order valence-electron chi connectivity index (χ2n) is 6.04. The molecule has 2 aromatic rings. The van der Waals surface area contributed by atoms with Crippen LogP contribution in [0.1, 0.15) is 44.1 Å². The van der Waals surface area contributed by atoms with Gasteiger partial charge in [-0.15, -0.1) is 0 Å². The van der Waals surface area contributed by atoms with Gasteiger partial charge in [-0.1, -0.05) is 49.4 Å². The van der Waals surface area contributed by atoms with Crippen LogP contribution in [0.5, 0.6) is 5.75 Å². The predicted octanol–water partition coefficient (Wildman–Crippen LogP) is 2.55. The van der Waals surface area contributed by atoms with Crippen molar-refractivity contribution in [2.24, 2.45) is 0 Å². The summed E-state index contributed by atoms with van der Waals surface area (Å²) in [5.41, 5.74) is 1.43. The van der Waals surface area contributed by atoms with Crippen LogP contribution in [0.4, 0.5) is 0 Å². The van der Waals surface area contributed by atoms with Crippen LogP contribution < -0.4 is 10.2 Å². The van der Waals surface area contributed by atoms with Gasteiger partial charge >= 0.3 is 0 Å². The smallest absolute Gasteiger partial charge is 0.253 e. The number of nitrogens with zero attached hydrogens (tertiary/aromatic N) is 1. The summed E-state index contributed by atoms with van der Waals surface area (Å²) in [5, 5.41) is 24.6. The van der Waals surface area contributed by atoms with Gasteiger partial charge in [0, 0.05) is 6.92 Å². The van der Waals surface area contributed by atoms with E-state index in [4.69, 9.17) is 4.84 Å². The third-order valence-electron chi connectivity index (χ3n) is 3.98. The molecule has 3 N–H and O–H groups in total. The van der Waals surface area contributed by atoms with Crippen LogP contribution in [0.15, 0.2) is 54.6 Å². The fourth-order valence-electron chi connectivity index (χ4n) is 2.60. The van der Waals surface area contributed by atoms with E-state index in [-0.39, 0.29) is 5.91 Å². The average molecular weight is 358 g/mol. The van der Waals surface area contributed by atoms with E-state index in [9.17, 15) is 15.0 Å². The van der Waals surface area contributed by atoms with Gasteiger partial charge in [0.1, 0.15) is 6.10 Å². The van der Waals surface area contributed by atoms with Crippen molar-refractivity contribution in [3.05, 3.63) is 65.7 Å². The Kier molecular flexibility index (Phi) is 7.15. The lowest BCUT2D eigenvalue weighted by Gasteiger charge is -2.33. The second kappa shape index (κ2) is 9.33. The van der Waals surface area contributed by atoms with Gasteiger partial charge in [0.2, 0.25) is 0 Å². The summed E-state index contributed by atoms with van der Waals surface area (Å²) < 4.78 is 0. The summed E-state index contributed by atoms with van der Waals surface area (Å²) in [6.07, 6.45) is -2.30. The SMILES string of the molecule is CCNC(C(O)c1ccccc1)N(Oc1ccc(C(C)O)cc1)C(C)=O. The van der Waals surface area contributed by atoms with Crippen LogP contribution in [-0.2, 0) is 4.79 Å². The van der Waals surface area contributed by atoms with Gasteiger partial charge in [-0.25, -0.2) is 0 Å². The predicted molar refractivity (Wildman–Crippen MR) is 99.1 cm³/mol. The molecule has 0 aliphatic rings. The highest BCUT2D eigenvalue weighted by Crippen LogP contribution is 2.23. The molecule has 0 bridgehead atoms. The van der Waals surface area contributed by atoms with E-state index in [1.807, 2.05) is 25.1 Å². The van der Waals surface area contributed by atoms with Gasteiger partial charge in [0.15, 0.2) is 11.9 Å². The minimum atomic E-state index is -0.961. The van der Waals surface area contributed by atoms with Crippen molar-refractivity contribution in [1.29, 1.82) is 0 Å². The lowest BCUT2D eigenvalue weighted by Crippen LogP contribution is -2.53. The quantitative estimate of drug-likeness (QED) is 0.499. The molecule has 0 aliphatic heterocycles. The van der Waals surface area contributed by atoms with Crippen LogP contribution in [0.25, 0.3) is 0 Å². The molecule has 0 radical (unpaired) electrons. The molecule has 0 fully saturated rings. The Morgan fingerprint density at radius 1 is 1.08 bits per heavy atom. The molecule has 26 heavy (non-hydrogen) atoms. The molecule has 140 valence electrons. The van der Waals surface area contributed by atoms with Gasteiger partial charge in [-0.3, -0.25) is 10.1 Å². The number of carbonyl (C=O) groups is 1. The number of nitrogens with one attached hydrogen (secondary N) is 1. The topological polar surface area (TPSA) is 82.0 Å². The standard InChI is InChI=1S/C20H26N2O4/c1-4-21-20(19(25)17-8-6-5-7-9-17)22(15(3)24)26-18-12-10-16(11-13-18)14(2)23/h5-14,19-21,23,25H,4H2,1-3H3. The molecule has 0 heterocycles. The number of aliphatic hydroxyl groups excluding tert-OH is 2. The van der Waals surface area contributed by atoms with Crippen molar-refractivity contribution in [1.82, 2.24) is 10.4 Å². The van der Waals surface area contributed by atoms with E-state index < -0.39 is 18.4 Å². The minimum absolute atomic E-state index is 0.342. The molecule has 3 unspecified atom stereocenters. The Morgan fingerprint density at radius 3 is 2.19 bits per heavy atom. The van der Waals surface area contributed by atoms with E-state index in [2.05, 4.69) is 5.32 Å². The fraction of sp³-hybridized carbons (Fsp3) is 0.350. The van der Waals surface area contributed by atoms with E-state index >= 15 is 0 Å². The van der Waals surface area contributed by atoms with Crippen LogP contribution >= 0.6 is 0 Å². The van der Waals surface area contributed by atoms with E-state index in [1.54, 1.807) is 43.3 Å². The van der Waals surface area contributed by atoms with Crippen molar-refractivity contribution >= 4 is 5.91 Å². The van der Waals surface area contributed by atoms with E-state index in [0.29, 0.717) is 17.9 Å². The first-order valence-corrected chi connectivity index (χ1v) is 8.66. The van der Waals surface area contributed by atoms with Gasteiger partial charge in [-0.2, -0.15) is 5.06 Å². The maximum Gasteiger partial charge on any atom is 0.253 e. The Bertz CT molecular complexity index is 689. The molecule has 6 heteroatoms. The van der Waals surface area contributed by atoms with Gasteiger partial charge in [-0.05, 0) is 36.7 Å². The molecule has 1 amide bonds. The lowest BCUT2D eigenvalue weighted by molar-refractivity contribution is -0.176. The summed E-state index contributed by atoms with van der Waals surface area (Å²) in [6.45, 7) is 5.49. The Hall–Kier alpha value is -2.41. The fourth-order valence-corrected chi connectivity index (χ4v) is 2.60. The largest absolute Gasteiger partial charge is 0.389 e. The van der Waals surface area contributed by atoms with Crippen molar-refractivity contribution in [3.8, 4) is 5.75 Å². The molecule has 0 saturated carbocycles. The number of carbonyl (C=O) groups excluding carboxylic acids is 1. The molecule has 0 saturated heterocycles. The Morgan fingerprint density at radius 2 is 1.69 bits per heavy atom. The summed E-state index contributed by atoms with van der Waals surface area (Å²) in [4.78, 5) is 17.9. The molecule has 2 rings (SSSR count). The van der Waals surface area contributed by atoms with Crippen molar-refractivity contribution in [2.45, 2.75) is 39.1 Å². The molecular formula is C20H26N2O4. The number of hydroxylamine groups is 2. The summed E-state index contributed by atoms with van der Waals surface area (Å²) in [5.74, 6) is 0.0956. The first-order chi connectivity index (χ1) is 12.4. The molecule has 0 spiro atoms. The number of rotatable bonds is 8. The second-order valence-corrected chi connectivity index (χ2v) is 6.04. The summed E-state index contributed by atoms with van der Waals surface area (Å²) in [6, 6.07) is 15.9. The summed E-state index contributed by atoms with van der Waals surface area (Å²) in [7, 11) is 0. The molecular weight excluding hydrogens is 332 g/mol. The molecule has 6 nitrogen and oxygen atoms in total. The van der Waals surface area contributed by atoms with Gasteiger partial charge in [0.25, 0.3) is 5.91 Å². The number of amides is 1. The van der Waals surface area contributed by atoms with Gasteiger partial charge in [0.05, 0.1) is 6.10 Å². The molecule has 0 aliphatic carbocycles. The number of aliphatic hydroxyl groups is 2. The zero-order valence-corrected chi connectivity index (χ0v) is 15.3. The van der Waals surface area contributed by atoms with Crippen LogP contribution in [0.3, 0.4) is 0 Å². The highest BCUT2D eigenvalue weighted by molar-refractivity contribution is 5.72. The minimum Gasteiger partial charge on any atom is -0.389 e. The van der Waals surface area contributed by atoms with E-state index in [1.165, 1.54) is 6.92 Å². The number of likely N-dealkylation sites (N-methyl/N-ethyl adjacent to an activating group) is 1. The molecule has 3 atom stereocenters. The summed E-state index contributed by atoms with van der Waals surface area (Å²) >= 11 is 0. The molecule has 0 aromatic heterocycles. The van der Waals surface area contributed by atoms with Crippen molar-refractivity contribution in [3.63, 3.8) is 0 Å². The van der Waals surface area contributed by atoms with Crippen LogP contribution in [-0.4, -0.2) is 33.9 Å². The maximum absolute atomic E-state index is 12.2. The van der Waals surface area contributed by atoms with E-state index in [0.717, 1.165) is 10.6 Å². The first kappa shape index (κ1) is 19.9. The Balaban J connectivity index is 2.24. The normalized spacial score (nSPS) is 14.3. The Labute approximate surface area is 154 Å². The average Bonchev–Trinajstić information content (AvgIpc) is 2.65. The van der Waals surface area contributed by atoms with Crippen molar-refractivity contribution < 1.29 is 19.8 Å². The zero-order valence-electron chi connectivity index (χ0n) is 15.3. The zero-order chi connectivity index (χ0) is 19.1. The van der Waals surface area contributed by atoms with Gasteiger partial charge < -0.3 is 15.1 Å². The monoisotopic (exact) mass is 358 g/mol. The van der Waals surface area contributed by atoms with Crippen LogP contribution in [0, 0.1) is 0 Å². The maximum atomic E-state index is 12.2. The third kappa shape index (κ3) is 5.05. The number of hydrogen-bond acceptors (Lipinski definition) is 5. The lowest BCUT2D eigenvalue weighted by atomic mass is 10.1. The van der Waals surface area contributed by atoms with Crippen LogP contribution in [0.2, 0.25) is 0 Å². The highest BCUT2D eigenvalue weighted by atomic mass is 16.7. The van der Waals surface area contributed by atoms with Crippen molar-refractivity contribution in [2.75, 3.05) is 6.54 Å². The first-order valence-electron chi connectivity index (χ1n) is 8.66. The number of benzene rings is 2. The number of hydrogen-bond donors (Lipinski definition) is 3. The molecule has 2 aromatic carbocycles. The highest BCUT2D eigenvalue weighted by Gasteiger charge is 2.30.